The average Bonchev–Trinajstić information content (AvgIpc) is 3.42. The summed E-state index contributed by atoms with van der Waals surface area (Å²) in [5.41, 5.74) is 1.35. The van der Waals surface area contributed by atoms with Gasteiger partial charge >= 0.3 is 21.7 Å². The quantitative estimate of drug-likeness (QED) is 0.128. The van der Waals surface area contributed by atoms with Gasteiger partial charge in [-0.2, -0.15) is 6.07 Å². The first-order valence-electron chi connectivity index (χ1n) is 17.5. The molecule has 0 saturated heterocycles. The molecule has 2 aromatic carbocycles. The van der Waals surface area contributed by atoms with Crippen molar-refractivity contribution < 1.29 is 51.4 Å². The molecule has 0 heterocycles. The van der Waals surface area contributed by atoms with Crippen molar-refractivity contribution in [2.24, 2.45) is 0 Å². The molecule has 47 heavy (non-hydrogen) atoms. The molecule has 3 amide bonds. The predicted molar refractivity (Wildman–Crippen MR) is 185 cm³/mol. The van der Waals surface area contributed by atoms with Gasteiger partial charge in [-0.15, -0.1) is 40.6 Å². The van der Waals surface area contributed by atoms with E-state index in [2.05, 4.69) is 43.3 Å². The SMILES string of the molecule is CCCCN(CCCC)C(=O)[O-].CCCCN(CCCC)C(=O)[O-].CCCCN(CCCC)C(=O)[O-].Cc1cc2ccccc2[cH-]1.[Ti+4]. The third kappa shape index (κ3) is 27.1. The number of aryl methyl sites for hydroxylation is 1. The van der Waals surface area contributed by atoms with Crippen LogP contribution in [0, 0.1) is 6.92 Å². The van der Waals surface area contributed by atoms with E-state index < -0.39 is 18.3 Å². The Balaban J connectivity index is -0.000000546. The Labute approximate surface area is 300 Å². The molecule has 266 valence electrons. The molecule has 0 bridgehead atoms. The molecule has 0 atom stereocenters. The van der Waals surface area contributed by atoms with E-state index >= 15 is 0 Å². The second-order valence-electron chi connectivity index (χ2n) is 11.5. The number of hydrogen-bond donors (Lipinski definition) is 0. The Hall–Kier alpha value is -2.65. The number of unbranched alkanes of at least 4 members (excludes halogenated alkanes) is 6. The van der Waals surface area contributed by atoms with Gasteiger partial charge in [0.15, 0.2) is 0 Å². The molecular weight excluding hydrogens is 630 g/mol. The molecule has 0 aliphatic rings. The third-order valence-corrected chi connectivity index (χ3v) is 7.23. The largest absolute Gasteiger partial charge is 4.00 e. The topological polar surface area (TPSA) is 130 Å². The number of carbonyl (C=O) groups is 3. The molecule has 0 spiro atoms. The minimum atomic E-state index is -1.03. The zero-order chi connectivity index (χ0) is 35.2. The Kier molecular flexibility index (Phi) is 34.5. The summed E-state index contributed by atoms with van der Waals surface area (Å²) in [7, 11) is 0. The molecule has 0 radical (unpaired) electrons. The fourth-order valence-corrected chi connectivity index (χ4v) is 4.28. The summed E-state index contributed by atoms with van der Waals surface area (Å²) in [4.78, 5) is 35.8. The zero-order valence-corrected chi connectivity index (χ0v) is 32.0. The summed E-state index contributed by atoms with van der Waals surface area (Å²) in [6.45, 7) is 18.2. The van der Waals surface area contributed by atoms with Crippen molar-refractivity contribution >= 4 is 29.1 Å². The van der Waals surface area contributed by atoms with E-state index in [9.17, 15) is 29.7 Å². The number of carbonyl (C=O) groups excluding carboxylic acids is 3. The van der Waals surface area contributed by atoms with Gasteiger partial charge in [-0.1, -0.05) is 93.1 Å². The second kappa shape index (κ2) is 33.3. The van der Waals surface area contributed by atoms with Gasteiger partial charge in [0.05, 0.1) is 0 Å². The molecule has 0 aliphatic carbocycles. The van der Waals surface area contributed by atoms with Crippen LogP contribution < -0.4 is 15.3 Å². The van der Waals surface area contributed by atoms with Crippen LogP contribution in [0.5, 0.6) is 0 Å². The minimum absolute atomic E-state index is 0. The van der Waals surface area contributed by atoms with Gasteiger partial charge in [0.1, 0.15) is 18.3 Å². The summed E-state index contributed by atoms with van der Waals surface area (Å²) in [6.07, 6.45) is 8.62. The van der Waals surface area contributed by atoms with Gasteiger partial charge in [0, 0.05) is 39.3 Å². The van der Waals surface area contributed by atoms with Crippen molar-refractivity contribution in [2.45, 2.75) is 126 Å². The first-order chi connectivity index (χ1) is 22.0. The maximum absolute atomic E-state index is 10.5. The average molecular weight is 694 g/mol. The summed E-state index contributed by atoms with van der Waals surface area (Å²) in [5, 5.41) is 34.3. The predicted octanol–water partition coefficient (Wildman–Crippen LogP) is 6.56. The minimum Gasteiger partial charge on any atom is -0.530 e. The van der Waals surface area contributed by atoms with E-state index in [1.54, 1.807) is 0 Å². The normalized spacial score (nSPS) is 9.77. The van der Waals surface area contributed by atoms with Crippen LogP contribution in [-0.4, -0.2) is 72.2 Å². The molecule has 2 aromatic rings. The molecule has 0 aliphatic heterocycles. The standard InChI is InChI=1S/C10H9.3C9H19NO2.Ti/c1-8-6-9-4-2-3-5-10(9)7-8;3*1-3-5-7-10(9(11)12)8-6-4-2;/h2-7H,1H3;3*3-8H2,1-2H3,(H,11,12);/q-1;;;;+4/p-3. The van der Waals surface area contributed by atoms with Crippen LogP contribution in [0.25, 0.3) is 10.8 Å². The van der Waals surface area contributed by atoms with Gasteiger partial charge in [0.2, 0.25) is 0 Å². The van der Waals surface area contributed by atoms with Crippen molar-refractivity contribution in [1.82, 2.24) is 14.7 Å². The van der Waals surface area contributed by atoms with E-state index in [1.807, 2.05) is 41.5 Å². The Morgan fingerprint density at radius 3 is 1.06 bits per heavy atom. The molecule has 0 unspecified atom stereocenters. The van der Waals surface area contributed by atoms with Crippen molar-refractivity contribution in [3.8, 4) is 0 Å². The van der Waals surface area contributed by atoms with Gasteiger partial charge in [-0.3, -0.25) is 0 Å². The molecule has 2 rings (SSSR count). The van der Waals surface area contributed by atoms with E-state index in [0.29, 0.717) is 39.3 Å². The van der Waals surface area contributed by atoms with E-state index in [-0.39, 0.29) is 21.7 Å². The van der Waals surface area contributed by atoms with Crippen molar-refractivity contribution in [2.75, 3.05) is 39.3 Å². The zero-order valence-electron chi connectivity index (χ0n) is 30.5. The molecule has 0 N–H and O–H groups in total. The number of rotatable bonds is 18. The van der Waals surface area contributed by atoms with Crippen molar-refractivity contribution in [1.29, 1.82) is 0 Å². The number of amides is 3. The van der Waals surface area contributed by atoms with E-state index in [0.717, 1.165) is 77.0 Å². The summed E-state index contributed by atoms with van der Waals surface area (Å²) < 4.78 is 0. The van der Waals surface area contributed by atoms with Crippen LogP contribution in [0.4, 0.5) is 14.4 Å². The summed E-state index contributed by atoms with van der Waals surface area (Å²) in [6, 6.07) is 12.8. The van der Waals surface area contributed by atoms with Gasteiger partial charge < -0.3 is 44.4 Å². The first-order valence-corrected chi connectivity index (χ1v) is 17.5. The molecular formula is C37H63N3O6Ti. The van der Waals surface area contributed by atoms with Crippen LogP contribution in [0.3, 0.4) is 0 Å². The molecule has 0 aromatic heterocycles. The number of benzene rings is 1. The number of nitrogens with zero attached hydrogens (tertiary/aromatic N) is 3. The molecule has 0 fully saturated rings. The summed E-state index contributed by atoms with van der Waals surface area (Å²) in [5.74, 6) is 0. The molecule has 0 saturated carbocycles. The van der Waals surface area contributed by atoms with Gasteiger partial charge in [-0.05, 0) is 38.5 Å². The van der Waals surface area contributed by atoms with Gasteiger partial charge in [-0.25, -0.2) is 0 Å². The van der Waals surface area contributed by atoms with Crippen LogP contribution >= 0.6 is 0 Å². The fraction of sp³-hybridized carbons (Fsp3) is 0.676. The molecule has 10 heteroatoms. The van der Waals surface area contributed by atoms with Crippen LogP contribution in [0.2, 0.25) is 0 Å². The maximum Gasteiger partial charge on any atom is 4.00 e. The first kappa shape index (κ1) is 48.7. The van der Waals surface area contributed by atoms with E-state index in [1.165, 1.54) is 31.0 Å². The smallest absolute Gasteiger partial charge is 0.530 e. The Morgan fingerprint density at radius 1 is 0.553 bits per heavy atom. The van der Waals surface area contributed by atoms with Gasteiger partial charge in [0.25, 0.3) is 0 Å². The van der Waals surface area contributed by atoms with E-state index in [4.69, 9.17) is 0 Å². The Bertz CT molecular complexity index is 904. The number of carboxylic acid groups (broad SMARTS) is 3. The second-order valence-corrected chi connectivity index (χ2v) is 11.5. The third-order valence-electron chi connectivity index (χ3n) is 7.23. The van der Waals surface area contributed by atoms with Crippen molar-refractivity contribution in [3.05, 3.63) is 42.0 Å². The monoisotopic (exact) mass is 693 g/mol. The van der Waals surface area contributed by atoms with Crippen molar-refractivity contribution in [3.63, 3.8) is 0 Å². The van der Waals surface area contributed by atoms with Crippen LogP contribution in [-0.2, 0) is 21.7 Å². The van der Waals surface area contributed by atoms with Crippen LogP contribution in [0.15, 0.2) is 36.4 Å². The number of hydrogen-bond acceptors (Lipinski definition) is 6. The summed E-state index contributed by atoms with van der Waals surface area (Å²) >= 11 is 0. The Morgan fingerprint density at radius 2 is 0.830 bits per heavy atom. The van der Waals surface area contributed by atoms with Crippen LogP contribution in [0.1, 0.15) is 124 Å². The molecule has 9 nitrogen and oxygen atoms in total. The number of fused-ring (bicyclic) bond motifs is 1. The maximum atomic E-state index is 10.5. The fourth-order valence-electron chi connectivity index (χ4n) is 4.28.